The summed E-state index contributed by atoms with van der Waals surface area (Å²) in [6, 6.07) is 2.94. The molecule has 0 bridgehead atoms. The molecule has 1 rings (SSSR count). The van der Waals surface area contributed by atoms with Gasteiger partial charge in [-0.05, 0) is 38.5 Å². The molecule has 1 fully saturated rings. The summed E-state index contributed by atoms with van der Waals surface area (Å²) in [6.07, 6.45) is 4.48. The minimum absolute atomic E-state index is 0.227. The molecule has 2 heteroatoms. The van der Waals surface area contributed by atoms with Crippen molar-refractivity contribution in [3.8, 4) is 6.07 Å². The molecule has 2 nitrogen and oxygen atoms in total. The van der Waals surface area contributed by atoms with E-state index in [1.807, 2.05) is 0 Å². The topological polar surface area (TPSA) is 35.8 Å². The second-order valence-electron chi connectivity index (χ2n) is 4.16. The van der Waals surface area contributed by atoms with Gasteiger partial charge >= 0.3 is 0 Å². The maximum atomic E-state index is 9.22. The van der Waals surface area contributed by atoms with E-state index < -0.39 is 0 Å². The molecule has 1 saturated carbocycles. The van der Waals surface area contributed by atoms with E-state index >= 15 is 0 Å². The van der Waals surface area contributed by atoms with Gasteiger partial charge in [-0.15, -0.1) is 0 Å². The summed E-state index contributed by atoms with van der Waals surface area (Å²) in [4.78, 5) is 0. The van der Waals surface area contributed by atoms with Gasteiger partial charge < -0.3 is 0 Å². The van der Waals surface area contributed by atoms with Crippen molar-refractivity contribution in [1.29, 1.82) is 5.26 Å². The molecule has 0 heterocycles. The summed E-state index contributed by atoms with van der Waals surface area (Å²) in [7, 11) is 0. The Morgan fingerprint density at radius 1 is 1.54 bits per heavy atom. The molecule has 0 saturated heterocycles. The van der Waals surface area contributed by atoms with Crippen molar-refractivity contribution in [2.75, 3.05) is 0 Å². The summed E-state index contributed by atoms with van der Waals surface area (Å²) in [5.74, 6) is 0.608. The second kappa shape index (κ2) is 4.11. The first-order chi connectivity index (χ1) is 6.18. The van der Waals surface area contributed by atoms with Gasteiger partial charge in [-0.25, -0.2) is 0 Å². The lowest BCUT2D eigenvalue weighted by Crippen LogP contribution is -2.49. The molecule has 0 aliphatic heterocycles. The number of nitriles is 1. The van der Waals surface area contributed by atoms with Crippen LogP contribution >= 0.6 is 0 Å². The van der Waals surface area contributed by atoms with Gasteiger partial charge in [0.15, 0.2) is 0 Å². The van der Waals surface area contributed by atoms with Crippen LogP contribution in [0.4, 0.5) is 0 Å². The minimum atomic E-state index is -0.227. The molecule has 2 atom stereocenters. The Labute approximate surface area is 81.3 Å². The van der Waals surface area contributed by atoms with Crippen LogP contribution in [0.2, 0.25) is 0 Å². The maximum Gasteiger partial charge on any atom is 0.109 e. The molecule has 0 aromatic rings. The number of nitrogens with one attached hydrogen (secondary N) is 1. The molecular formula is C11H20N2. The normalized spacial score (nSPS) is 23.2. The largest absolute Gasteiger partial charge is 0.297 e. The lowest BCUT2D eigenvalue weighted by Gasteiger charge is -2.30. The van der Waals surface area contributed by atoms with Gasteiger partial charge in [-0.2, -0.15) is 5.26 Å². The van der Waals surface area contributed by atoms with E-state index in [2.05, 4.69) is 32.2 Å². The molecular weight excluding hydrogens is 160 g/mol. The van der Waals surface area contributed by atoms with Gasteiger partial charge in [-0.1, -0.05) is 13.8 Å². The van der Waals surface area contributed by atoms with Crippen molar-refractivity contribution in [2.24, 2.45) is 5.92 Å². The minimum Gasteiger partial charge on any atom is -0.297 e. The highest BCUT2D eigenvalue weighted by molar-refractivity contribution is 5.15. The molecule has 2 unspecified atom stereocenters. The van der Waals surface area contributed by atoms with E-state index in [0.29, 0.717) is 12.0 Å². The Bertz CT molecular complexity index is 203. The van der Waals surface area contributed by atoms with Crippen LogP contribution in [0, 0.1) is 17.2 Å². The molecule has 0 aromatic heterocycles. The Morgan fingerprint density at radius 3 is 2.46 bits per heavy atom. The summed E-state index contributed by atoms with van der Waals surface area (Å²) < 4.78 is 0. The quantitative estimate of drug-likeness (QED) is 0.705. The van der Waals surface area contributed by atoms with Crippen LogP contribution in [-0.2, 0) is 0 Å². The van der Waals surface area contributed by atoms with Crippen molar-refractivity contribution in [2.45, 2.75) is 58.0 Å². The third-order valence-corrected chi connectivity index (χ3v) is 3.15. The third-order valence-electron chi connectivity index (χ3n) is 3.15. The van der Waals surface area contributed by atoms with Crippen LogP contribution in [0.25, 0.3) is 0 Å². The fourth-order valence-electron chi connectivity index (χ4n) is 1.83. The van der Waals surface area contributed by atoms with Gasteiger partial charge in [0.25, 0.3) is 0 Å². The van der Waals surface area contributed by atoms with E-state index in [0.717, 1.165) is 12.8 Å². The van der Waals surface area contributed by atoms with E-state index in [1.165, 1.54) is 12.8 Å². The highest BCUT2D eigenvalue weighted by atomic mass is 15.0. The zero-order valence-corrected chi connectivity index (χ0v) is 8.93. The van der Waals surface area contributed by atoms with Crippen molar-refractivity contribution in [1.82, 2.24) is 5.32 Å². The van der Waals surface area contributed by atoms with Crippen LogP contribution in [0.5, 0.6) is 0 Å². The number of rotatable bonds is 5. The number of hydrogen-bond donors (Lipinski definition) is 1. The van der Waals surface area contributed by atoms with Gasteiger partial charge in [0, 0.05) is 6.04 Å². The summed E-state index contributed by atoms with van der Waals surface area (Å²) >= 11 is 0. The van der Waals surface area contributed by atoms with Crippen LogP contribution in [0.3, 0.4) is 0 Å². The van der Waals surface area contributed by atoms with Crippen molar-refractivity contribution in [3.63, 3.8) is 0 Å². The highest BCUT2D eigenvalue weighted by Gasteiger charge is 2.44. The van der Waals surface area contributed by atoms with Crippen molar-refractivity contribution in [3.05, 3.63) is 0 Å². The molecule has 0 radical (unpaired) electrons. The summed E-state index contributed by atoms with van der Waals surface area (Å²) in [5.41, 5.74) is -0.227. The molecule has 0 amide bonds. The molecule has 0 spiro atoms. The first-order valence-corrected chi connectivity index (χ1v) is 5.37. The lowest BCUT2D eigenvalue weighted by atomic mass is 9.90. The summed E-state index contributed by atoms with van der Waals surface area (Å²) in [6.45, 7) is 6.42. The van der Waals surface area contributed by atoms with Crippen LogP contribution < -0.4 is 5.32 Å². The third kappa shape index (κ3) is 2.22. The lowest BCUT2D eigenvalue weighted by molar-refractivity contribution is 0.312. The fraction of sp³-hybridized carbons (Fsp3) is 0.909. The number of nitrogens with zero attached hydrogens (tertiary/aromatic N) is 1. The first kappa shape index (κ1) is 10.5. The van der Waals surface area contributed by atoms with Gasteiger partial charge in [0.1, 0.15) is 5.54 Å². The van der Waals surface area contributed by atoms with Crippen LogP contribution in [0.1, 0.15) is 46.5 Å². The zero-order chi connectivity index (χ0) is 9.90. The highest BCUT2D eigenvalue weighted by Crippen LogP contribution is 2.41. The zero-order valence-electron chi connectivity index (χ0n) is 8.93. The van der Waals surface area contributed by atoms with Crippen molar-refractivity contribution < 1.29 is 0 Å². The Balaban J connectivity index is 2.61. The van der Waals surface area contributed by atoms with E-state index in [4.69, 9.17) is 0 Å². The molecule has 13 heavy (non-hydrogen) atoms. The Kier molecular flexibility index (Phi) is 3.33. The Morgan fingerprint density at radius 2 is 2.15 bits per heavy atom. The standard InChI is InChI=1S/C11H20N2/c1-4-9(3)13-11(5-2,8-12)10-6-7-10/h9-10,13H,4-7H2,1-3H3. The molecule has 74 valence electrons. The van der Waals surface area contributed by atoms with Gasteiger partial charge in [-0.3, -0.25) is 5.32 Å². The molecule has 0 aromatic carbocycles. The van der Waals surface area contributed by atoms with Crippen LogP contribution in [0.15, 0.2) is 0 Å². The second-order valence-corrected chi connectivity index (χ2v) is 4.16. The molecule has 1 aliphatic rings. The average Bonchev–Trinajstić information content (AvgIpc) is 2.97. The molecule has 1 aliphatic carbocycles. The predicted molar refractivity (Wildman–Crippen MR) is 54.2 cm³/mol. The smallest absolute Gasteiger partial charge is 0.109 e. The maximum absolute atomic E-state index is 9.22. The molecule has 1 N–H and O–H groups in total. The van der Waals surface area contributed by atoms with Gasteiger partial charge in [0.2, 0.25) is 0 Å². The number of hydrogen-bond acceptors (Lipinski definition) is 2. The first-order valence-electron chi connectivity index (χ1n) is 5.37. The Hall–Kier alpha value is -0.550. The van der Waals surface area contributed by atoms with E-state index in [1.54, 1.807) is 0 Å². The van der Waals surface area contributed by atoms with Gasteiger partial charge in [0.05, 0.1) is 6.07 Å². The monoisotopic (exact) mass is 180 g/mol. The van der Waals surface area contributed by atoms with Crippen molar-refractivity contribution >= 4 is 0 Å². The van der Waals surface area contributed by atoms with Crippen LogP contribution in [-0.4, -0.2) is 11.6 Å². The van der Waals surface area contributed by atoms with E-state index in [-0.39, 0.29) is 5.54 Å². The predicted octanol–water partition coefficient (Wildman–Crippen LogP) is 2.46. The average molecular weight is 180 g/mol. The fourth-order valence-corrected chi connectivity index (χ4v) is 1.83. The van der Waals surface area contributed by atoms with E-state index in [9.17, 15) is 5.26 Å². The SMILES string of the molecule is CCC(C)NC(C#N)(CC)C1CC1. The summed E-state index contributed by atoms with van der Waals surface area (Å²) in [5, 5.41) is 12.7.